The second-order valence-electron chi connectivity index (χ2n) is 8.85. The minimum Gasteiger partial charge on any atom is -0.484 e. The lowest BCUT2D eigenvalue weighted by Crippen LogP contribution is -2.45. The average Bonchev–Trinajstić information content (AvgIpc) is 2.86. The molecule has 0 bridgehead atoms. The molecule has 0 spiro atoms. The summed E-state index contributed by atoms with van der Waals surface area (Å²) in [5, 5.41) is 4.45. The highest BCUT2D eigenvalue weighted by atomic mass is 35.5. The van der Waals surface area contributed by atoms with Crippen LogP contribution >= 0.6 is 23.2 Å². The molecule has 1 aliphatic heterocycles. The van der Waals surface area contributed by atoms with Gasteiger partial charge in [0.1, 0.15) is 5.75 Å². The molecule has 1 heterocycles. The molecule has 7 heteroatoms. The lowest BCUT2D eigenvalue weighted by Gasteiger charge is -2.32. The maximum atomic E-state index is 12.6. The number of ether oxygens (including phenoxy) is 1. The van der Waals surface area contributed by atoms with E-state index >= 15 is 0 Å². The minimum absolute atomic E-state index is 0.0608. The number of carbonyl (C=O) groups excluding carboxylic acids is 2. The lowest BCUT2D eigenvalue weighted by atomic mass is 10.0. The fraction of sp³-hybridized carbons (Fsp3) is 0.286. The SMILES string of the molecule is Cc1cc(CN2CCC(NC(=O)COc3ccc(C(=O)c4ccc(Cl)cc4)cc3)CC2)ccc1Cl. The molecule has 5 nitrogen and oxygen atoms in total. The fourth-order valence-electron chi connectivity index (χ4n) is 4.19. The number of aryl methyl sites for hydroxylation is 1. The van der Waals surface area contributed by atoms with E-state index in [1.807, 2.05) is 13.0 Å². The van der Waals surface area contributed by atoms with E-state index < -0.39 is 0 Å². The van der Waals surface area contributed by atoms with Gasteiger partial charge in [0.25, 0.3) is 5.91 Å². The molecular weight excluding hydrogens is 483 g/mol. The van der Waals surface area contributed by atoms with Crippen LogP contribution < -0.4 is 10.1 Å². The zero-order chi connectivity index (χ0) is 24.8. The van der Waals surface area contributed by atoms with E-state index in [2.05, 4.69) is 22.3 Å². The molecule has 0 aromatic heterocycles. The van der Waals surface area contributed by atoms with Crippen LogP contribution in [0.25, 0.3) is 0 Å². The van der Waals surface area contributed by atoms with Gasteiger partial charge in [-0.25, -0.2) is 0 Å². The van der Waals surface area contributed by atoms with Crippen molar-refractivity contribution in [3.8, 4) is 5.75 Å². The molecule has 0 radical (unpaired) electrons. The fourth-order valence-corrected chi connectivity index (χ4v) is 4.43. The van der Waals surface area contributed by atoms with E-state index in [-0.39, 0.29) is 24.3 Å². The second kappa shape index (κ2) is 11.7. The summed E-state index contributed by atoms with van der Waals surface area (Å²) in [4.78, 5) is 27.3. The molecule has 1 amide bonds. The van der Waals surface area contributed by atoms with E-state index in [0.717, 1.165) is 43.1 Å². The zero-order valence-corrected chi connectivity index (χ0v) is 21.1. The van der Waals surface area contributed by atoms with Crippen LogP contribution in [-0.4, -0.2) is 42.3 Å². The maximum Gasteiger partial charge on any atom is 0.258 e. The first-order valence-corrected chi connectivity index (χ1v) is 12.4. The number of piperidine rings is 1. The van der Waals surface area contributed by atoms with Gasteiger partial charge in [0.05, 0.1) is 0 Å². The van der Waals surface area contributed by atoms with Crippen LogP contribution in [-0.2, 0) is 11.3 Å². The Morgan fingerprint density at radius 3 is 2.20 bits per heavy atom. The normalized spacial score (nSPS) is 14.5. The molecule has 1 N–H and O–H groups in total. The highest BCUT2D eigenvalue weighted by Crippen LogP contribution is 2.20. The van der Waals surface area contributed by atoms with Crippen molar-refractivity contribution < 1.29 is 14.3 Å². The van der Waals surface area contributed by atoms with Gasteiger partial charge < -0.3 is 10.1 Å². The molecule has 1 aliphatic rings. The van der Waals surface area contributed by atoms with Gasteiger partial charge in [-0.3, -0.25) is 14.5 Å². The third-order valence-corrected chi connectivity index (χ3v) is 6.85. The summed E-state index contributed by atoms with van der Waals surface area (Å²) in [6.45, 7) is 4.70. The molecule has 1 saturated heterocycles. The number of hydrogen-bond donors (Lipinski definition) is 1. The van der Waals surface area contributed by atoms with Crippen LogP contribution in [0.15, 0.2) is 66.7 Å². The van der Waals surface area contributed by atoms with Crippen molar-refractivity contribution in [1.29, 1.82) is 0 Å². The van der Waals surface area contributed by atoms with Gasteiger partial charge in [-0.15, -0.1) is 0 Å². The molecule has 0 atom stereocenters. The Bertz CT molecular complexity index is 1170. The average molecular weight is 511 g/mol. The molecule has 0 unspecified atom stereocenters. The molecule has 182 valence electrons. The summed E-state index contributed by atoms with van der Waals surface area (Å²) in [7, 11) is 0. The summed E-state index contributed by atoms with van der Waals surface area (Å²) in [5.41, 5.74) is 3.46. The number of nitrogens with zero attached hydrogens (tertiary/aromatic N) is 1. The van der Waals surface area contributed by atoms with E-state index in [1.54, 1.807) is 48.5 Å². The first-order chi connectivity index (χ1) is 16.9. The number of nitrogens with one attached hydrogen (secondary N) is 1. The minimum atomic E-state index is -0.141. The van der Waals surface area contributed by atoms with Crippen LogP contribution in [0.3, 0.4) is 0 Å². The van der Waals surface area contributed by atoms with Gasteiger partial charge in [-0.1, -0.05) is 35.3 Å². The third-order valence-electron chi connectivity index (χ3n) is 6.17. The standard InChI is InChI=1S/C28H28Cl2N2O3/c1-19-16-20(2-11-26(19)30)17-32-14-12-24(13-15-32)31-27(33)18-35-25-9-5-22(6-10-25)28(34)21-3-7-23(29)8-4-21/h2-11,16,24H,12-15,17-18H2,1H3,(H,31,33). The molecular formula is C28H28Cl2N2O3. The molecule has 3 aromatic rings. The van der Waals surface area contributed by atoms with Crippen molar-refractivity contribution in [2.24, 2.45) is 0 Å². The summed E-state index contributed by atoms with van der Waals surface area (Å²) in [5.74, 6) is 0.308. The van der Waals surface area contributed by atoms with Gasteiger partial charge in [0.15, 0.2) is 12.4 Å². The molecule has 0 aliphatic carbocycles. The van der Waals surface area contributed by atoms with Gasteiger partial charge in [0, 0.05) is 46.8 Å². The smallest absolute Gasteiger partial charge is 0.258 e. The monoisotopic (exact) mass is 510 g/mol. The van der Waals surface area contributed by atoms with Crippen LogP contribution in [0, 0.1) is 6.92 Å². The molecule has 4 rings (SSSR count). The summed E-state index contributed by atoms with van der Waals surface area (Å²) in [6, 6.07) is 19.9. The largest absolute Gasteiger partial charge is 0.484 e. The number of benzene rings is 3. The Morgan fingerprint density at radius 1 is 0.943 bits per heavy atom. The molecule has 1 fully saturated rings. The molecule has 3 aromatic carbocycles. The highest BCUT2D eigenvalue weighted by Gasteiger charge is 2.21. The Hall–Kier alpha value is -2.86. The lowest BCUT2D eigenvalue weighted by molar-refractivity contribution is -0.124. The Labute approximate surface area is 216 Å². The first-order valence-electron chi connectivity index (χ1n) is 11.7. The Balaban J connectivity index is 1.19. The Morgan fingerprint density at radius 2 is 1.57 bits per heavy atom. The van der Waals surface area contributed by atoms with Crippen molar-refractivity contribution >= 4 is 34.9 Å². The summed E-state index contributed by atoms with van der Waals surface area (Å²) in [6.07, 6.45) is 1.81. The van der Waals surface area contributed by atoms with E-state index in [9.17, 15) is 9.59 Å². The van der Waals surface area contributed by atoms with Crippen LogP contribution in [0.4, 0.5) is 0 Å². The van der Waals surface area contributed by atoms with Crippen molar-refractivity contribution in [1.82, 2.24) is 10.2 Å². The van der Waals surface area contributed by atoms with Crippen molar-refractivity contribution in [2.45, 2.75) is 32.4 Å². The van der Waals surface area contributed by atoms with Crippen molar-refractivity contribution in [2.75, 3.05) is 19.7 Å². The number of hydrogen-bond acceptors (Lipinski definition) is 4. The van der Waals surface area contributed by atoms with Gasteiger partial charge in [-0.2, -0.15) is 0 Å². The van der Waals surface area contributed by atoms with Crippen LogP contribution in [0.1, 0.15) is 39.9 Å². The summed E-state index contributed by atoms with van der Waals surface area (Å²) >= 11 is 12.0. The van der Waals surface area contributed by atoms with E-state index in [4.69, 9.17) is 27.9 Å². The van der Waals surface area contributed by atoms with Crippen molar-refractivity contribution in [3.05, 3.63) is 99.0 Å². The maximum absolute atomic E-state index is 12.6. The second-order valence-corrected chi connectivity index (χ2v) is 9.69. The number of amides is 1. The first kappa shape index (κ1) is 25.2. The number of rotatable bonds is 8. The number of likely N-dealkylation sites (tertiary alicyclic amines) is 1. The van der Waals surface area contributed by atoms with Crippen LogP contribution in [0.5, 0.6) is 5.75 Å². The van der Waals surface area contributed by atoms with Crippen molar-refractivity contribution in [3.63, 3.8) is 0 Å². The Kier molecular flexibility index (Phi) is 8.45. The molecule has 0 saturated carbocycles. The van der Waals surface area contributed by atoms with Crippen LogP contribution in [0.2, 0.25) is 10.0 Å². The summed E-state index contributed by atoms with van der Waals surface area (Å²) < 4.78 is 5.62. The van der Waals surface area contributed by atoms with E-state index in [0.29, 0.717) is 21.9 Å². The van der Waals surface area contributed by atoms with Gasteiger partial charge in [-0.05, 0) is 85.5 Å². The van der Waals surface area contributed by atoms with Gasteiger partial charge >= 0.3 is 0 Å². The number of halogens is 2. The highest BCUT2D eigenvalue weighted by molar-refractivity contribution is 6.31. The third kappa shape index (κ3) is 7.07. The zero-order valence-electron chi connectivity index (χ0n) is 19.6. The number of carbonyl (C=O) groups is 2. The topological polar surface area (TPSA) is 58.6 Å². The number of ketones is 1. The molecule has 35 heavy (non-hydrogen) atoms. The predicted molar refractivity (Wildman–Crippen MR) is 139 cm³/mol. The predicted octanol–water partition coefficient (Wildman–Crippen LogP) is 5.69. The van der Waals surface area contributed by atoms with E-state index in [1.165, 1.54) is 5.56 Å². The van der Waals surface area contributed by atoms with Gasteiger partial charge in [0.2, 0.25) is 0 Å². The quantitative estimate of drug-likeness (QED) is 0.395.